The summed E-state index contributed by atoms with van der Waals surface area (Å²) in [6.45, 7) is 2.96. The third kappa shape index (κ3) is 2.10. The minimum absolute atomic E-state index is 0.0270. The van der Waals surface area contributed by atoms with E-state index in [1.807, 2.05) is 0 Å². The Kier molecular flexibility index (Phi) is 3.73. The molecule has 3 aliphatic rings. The largest absolute Gasteiger partial charge is 0.378 e. The molecule has 1 fully saturated rings. The van der Waals surface area contributed by atoms with E-state index in [0.29, 0.717) is 0 Å². The summed E-state index contributed by atoms with van der Waals surface area (Å²) in [7, 11) is 0. The zero-order valence-corrected chi connectivity index (χ0v) is 13.6. The van der Waals surface area contributed by atoms with E-state index in [0.717, 1.165) is 0 Å². The van der Waals surface area contributed by atoms with Crippen molar-refractivity contribution in [3.63, 3.8) is 0 Å². The molecule has 2 bridgehead atoms. The van der Waals surface area contributed by atoms with Crippen LogP contribution in [0.25, 0.3) is 0 Å². The van der Waals surface area contributed by atoms with Gasteiger partial charge >= 0.3 is 0 Å². The number of hydrogen-bond acceptors (Lipinski definition) is 3. The summed E-state index contributed by atoms with van der Waals surface area (Å²) < 4.78 is 0. The summed E-state index contributed by atoms with van der Waals surface area (Å²) in [5.74, 6) is 2.68. The number of halogens is 4. The molecule has 0 spiro atoms. The Morgan fingerprint density at radius 1 is 1.20 bits per heavy atom. The predicted molar refractivity (Wildman–Crippen MR) is 78.1 cm³/mol. The summed E-state index contributed by atoms with van der Waals surface area (Å²) in [5, 5.41) is 9.34. The van der Waals surface area contributed by atoms with E-state index >= 15 is 0 Å². The van der Waals surface area contributed by atoms with Crippen LogP contribution in [0.15, 0.2) is 10.1 Å². The summed E-state index contributed by atoms with van der Waals surface area (Å²) in [6.07, 6.45) is -0.0270. The number of hydrogen-bond donors (Lipinski definition) is 1. The van der Waals surface area contributed by atoms with Crippen molar-refractivity contribution < 1.29 is 14.7 Å². The van der Waals surface area contributed by atoms with Gasteiger partial charge in [0.05, 0.1) is 16.0 Å². The van der Waals surface area contributed by atoms with Crippen LogP contribution in [-0.4, -0.2) is 32.0 Å². The van der Waals surface area contributed by atoms with Gasteiger partial charge in [-0.3, -0.25) is 9.59 Å². The van der Waals surface area contributed by atoms with Crippen molar-refractivity contribution in [3.05, 3.63) is 10.1 Å². The fourth-order valence-corrected chi connectivity index (χ4v) is 3.64. The lowest BCUT2D eigenvalue weighted by atomic mass is 9.66. The zero-order chi connectivity index (χ0) is 15.5. The molecule has 0 heterocycles. The van der Waals surface area contributed by atoms with Crippen LogP contribution in [0.2, 0.25) is 0 Å². The number of fused-ring (bicyclic) bond motifs is 2. The van der Waals surface area contributed by atoms with Gasteiger partial charge in [-0.1, -0.05) is 35.0 Å². The first kappa shape index (κ1) is 16.1. The maximum atomic E-state index is 12.1. The maximum Gasteiger partial charge on any atom is 0.228 e. The number of aliphatic hydroxyl groups is 1. The van der Waals surface area contributed by atoms with Crippen molar-refractivity contribution in [3.8, 4) is 11.8 Å². The normalized spacial score (nSPS) is 37.0. The quantitative estimate of drug-likeness (QED) is 0.413. The SMILES string of the molecule is CC(C)(O)C#CC1CC2(Cl)C(=O)C(=O)C1(Cl)C(Cl)=C2Cl. The van der Waals surface area contributed by atoms with E-state index in [-0.39, 0.29) is 16.5 Å². The van der Waals surface area contributed by atoms with Crippen molar-refractivity contribution in [1.29, 1.82) is 0 Å². The lowest BCUT2D eigenvalue weighted by molar-refractivity contribution is -0.141. The van der Waals surface area contributed by atoms with E-state index in [9.17, 15) is 14.7 Å². The molecule has 3 rings (SSSR count). The van der Waals surface area contributed by atoms with E-state index in [1.54, 1.807) is 0 Å². The first-order chi connectivity index (χ1) is 8.94. The van der Waals surface area contributed by atoms with E-state index in [1.165, 1.54) is 13.8 Å². The van der Waals surface area contributed by atoms with Gasteiger partial charge in [-0.2, -0.15) is 0 Å². The Balaban J connectivity index is 2.60. The van der Waals surface area contributed by atoms with Gasteiger partial charge < -0.3 is 5.11 Å². The van der Waals surface area contributed by atoms with Crippen molar-refractivity contribution >= 4 is 58.0 Å². The van der Waals surface area contributed by atoms with Gasteiger partial charge in [0, 0.05) is 0 Å². The number of carbonyl (C=O) groups excluding carboxylic acids is 2. The smallest absolute Gasteiger partial charge is 0.228 e. The molecule has 0 aromatic carbocycles. The van der Waals surface area contributed by atoms with Crippen LogP contribution < -0.4 is 0 Å². The van der Waals surface area contributed by atoms with Crippen molar-refractivity contribution in [2.75, 3.05) is 0 Å². The Labute approximate surface area is 136 Å². The van der Waals surface area contributed by atoms with Gasteiger partial charge in [0.25, 0.3) is 0 Å². The number of ketones is 2. The number of alkyl halides is 2. The van der Waals surface area contributed by atoms with Crippen molar-refractivity contribution in [2.24, 2.45) is 5.92 Å². The molecule has 1 saturated carbocycles. The molecule has 0 radical (unpaired) electrons. The summed E-state index contributed by atoms with van der Waals surface area (Å²) >= 11 is 24.4. The highest BCUT2D eigenvalue weighted by Gasteiger charge is 2.67. The highest BCUT2D eigenvalue weighted by Crippen LogP contribution is 2.58. The number of Topliss-reactive ketones (excluding diaryl/α,β-unsaturated/α-hetero) is 2. The minimum Gasteiger partial charge on any atom is -0.378 e. The van der Waals surface area contributed by atoms with Crippen LogP contribution in [0.4, 0.5) is 0 Å². The molecule has 0 aromatic heterocycles. The van der Waals surface area contributed by atoms with Crippen LogP contribution in [0.3, 0.4) is 0 Å². The molecule has 20 heavy (non-hydrogen) atoms. The molecule has 0 amide bonds. The Bertz CT molecular complexity index is 607. The van der Waals surface area contributed by atoms with E-state index in [4.69, 9.17) is 46.4 Å². The van der Waals surface area contributed by atoms with E-state index in [2.05, 4.69) is 11.8 Å². The lowest BCUT2D eigenvalue weighted by Crippen LogP contribution is -2.62. The lowest BCUT2D eigenvalue weighted by Gasteiger charge is -2.46. The first-order valence-corrected chi connectivity index (χ1v) is 7.24. The predicted octanol–water partition coefficient (Wildman–Crippen LogP) is 2.58. The van der Waals surface area contributed by atoms with Gasteiger partial charge in [0.15, 0.2) is 4.87 Å². The molecular formula is C13H10Cl4O3. The molecular weight excluding hydrogens is 346 g/mol. The molecule has 3 atom stereocenters. The van der Waals surface area contributed by atoms with Gasteiger partial charge in [0.1, 0.15) is 10.5 Å². The molecule has 108 valence electrons. The summed E-state index contributed by atoms with van der Waals surface area (Å²) in [4.78, 5) is 20.6. The third-order valence-corrected chi connectivity index (χ3v) is 5.70. The van der Waals surface area contributed by atoms with Gasteiger partial charge in [-0.25, -0.2) is 0 Å². The zero-order valence-electron chi connectivity index (χ0n) is 10.6. The molecule has 3 unspecified atom stereocenters. The average molecular weight is 356 g/mol. The van der Waals surface area contributed by atoms with Gasteiger partial charge in [-0.05, 0) is 20.3 Å². The third-order valence-electron chi connectivity index (χ3n) is 3.27. The molecule has 0 aromatic rings. The molecule has 0 saturated heterocycles. The van der Waals surface area contributed by atoms with Crippen LogP contribution in [0, 0.1) is 17.8 Å². The molecule has 3 aliphatic carbocycles. The molecule has 1 N–H and O–H groups in total. The second-order valence-electron chi connectivity index (χ2n) is 5.38. The maximum absolute atomic E-state index is 12.1. The summed E-state index contributed by atoms with van der Waals surface area (Å²) in [5.41, 5.74) is -1.27. The molecule has 0 aliphatic heterocycles. The van der Waals surface area contributed by atoms with Gasteiger partial charge in [0.2, 0.25) is 11.6 Å². The fourth-order valence-electron chi connectivity index (χ4n) is 2.21. The topological polar surface area (TPSA) is 54.4 Å². The van der Waals surface area contributed by atoms with Crippen molar-refractivity contribution in [1.82, 2.24) is 0 Å². The summed E-state index contributed by atoms with van der Waals surface area (Å²) in [6, 6.07) is 0. The number of allylic oxidation sites excluding steroid dienone is 2. The second kappa shape index (κ2) is 4.63. The Morgan fingerprint density at radius 2 is 1.75 bits per heavy atom. The van der Waals surface area contributed by atoms with Crippen LogP contribution in [0.1, 0.15) is 20.3 Å². The number of carbonyl (C=O) groups is 2. The van der Waals surface area contributed by atoms with Crippen molar-refractivity contribution in [2.45, 2.75) is 35.6 Å². The Hall–Kier alpha value is -0.240. The second-order valence-corrected chi connectivity index (χ2v) is 7.38. The molecule has 3 nitrogen and oxygen atoms in total. The minimum atomic E-state index is -1.81. The Morgan fingerprint density at radius 3 is 2.25 bits per heavy atom. The monoisotopic (exact) mass is 354 g/mol. The highest BCUT2D eigenvalue weighted by atomic mass is 35.5. The first-order valence-electron chi connectivity index (χ1n) is 5.73. The standard InChI is InChI=1S/C13H10Cl4O3/c1-11(2,20)4-3-6-5-12(16)7(14)8(15)13(6,17)10(19)9(12)18/h6,20H,5H2,1-2H3. The van der Waals surface area contributed by atoms with Crippen LogP contribution in [0.5, 0.6) is 0 Å². The molecule has 7 heteroatoms. The number of rotatable bonds is 0. The highest BCUT2D eigenvalue weighted by molar-refractivity contribution is 6.70. The van der Waals surface area contributed by atoms with Gasteiger partial charge in [-0.15, -0.1) is 23.2 Å². The average Bonchev–Trinajstić information content (AvgIpc) is 2.34. The van der Waals surface area contributed by atoms with Crippen LogP contribution >= 0.6 is 46.4 Å². The van der Waals surface area contributed by atoms with E-state index < -0.39 is 32.8 Å². The fraction of sp³-hybridized carbons (Fsp3) is 0.538. The van der Waals surface area contributed by atoms with Crippen LogP contribution in [-0.2, 0) is 9.59 Å².